The fourth-order valence-electron chi connectivity index (χ4n) is 1.55. The lowest BCUT2D eigenvalue weighted by molar-refractivity contribution is 0.605. The van der Waals surface area contributed by atoms with Gasteiger partial charge in [0, 0.05) is 28.2 Å². The van der Waals surface area contributed by atoms with E-state index in [0.717, 1.165) is 27.0 Å². The van der Waals surface area contributed by atoms with E-state index in [1.807, 2.05) is 10.6 Å². The van der Waals surface area contributed by atoms with Crippen LogP contribution in [-0.4, -0.2) is 19.7 Å². The van der Waals surface area contributed by atoms with Gasteiger partial charge in [-0.15, -0.1) is 10.2 Å². The highest BCUT2D eigenvalue weighted by molar-refractivity contribution is 9.11. The molecule has 0 saturated carbocycles. The van der Waals surface area contributed by atoms with Crippen molar-refractivity contribution in [2.75, 3.05) is 0 Å². The van der Waals surface area contributed by atoms with Crippen LogP contribution in [0.4, 0.5) is 0 Å². The quantitative estimate of drug-likeness (QED) is 0.873. The minimum atomic E-state index is 0.679. The molecule has 2 heterocycles. The molecule has 2 aromatic rings. The van der Waals surface area contributed by atoms with Crippen molar-refractivity contribution in [2.45, 2.75) is 26.6 Å². The number of hydrogen-bond acceptors (Lipinski definition) is 4. The van der Waals surface area contributed by atoms with Crippen LogP contribution < -0.4 is 5.32 Å². The lowest BCUT2D eigenvalue weighted by atomic mass is 10.3. The van der Waals surface area contributed by atoms with Gasteiger partial charge in [-0.2, -0.15) is 0 Å². The molecule has 0 radical (unpaired) electrons. The molecule has 2 rings (SSSR count). The molecule has 0 aliphatic heterocycles. The van der Waals surface area contributed by atoms with Crippen molar-refractivity contribution in [3.05, 3.63) is 39.1 Å². The van der Waals surface area contributed by atoms with E-state index in [4.69, 9.17) is 0 Å². The number of nitrogens with one attached hydrogen (secondary N) is 1. The average Bonchev–Trinajstić information content (AvgIpc) is 2.79. The Morgan fingerprint density at radius 2 is 2.17 bits per heavy atom. The van der Waals surface area contributed by atoms with Crippen molar-refractivity contribution in [3.8, 4) is 0 Å². The van der Waals surface area contributed by atoms with Crippen LogP contribution in [-0.2, 0) is 19.6 Å². The lowest BCUT2D eigenvalue weighted by Crippen LogP contribution is -2.17. The van der Waals surface area contributed by atoms with E-state index in [-0.39, 0.29) is 0 Å². The fourth-order valence-corrected chi connectivity index (χ4v) is 2.67. The van der Waals surface area contributed by atoms with Crippen LogP contribution in [0.3, 0.4) is 0 Å². The predicted octanol–water partition coefficient (Wildman–Crippen LogP) is 2.51. The molecule has 1 N–H and O–H groups in total. The number of nitrogens with zero attached hydrogens (tertiary/aromatic N) is 4. The molecule has 2 aromatic heterocycles. The Hall–Kier alpha value is -0.790. The zero-order valence-corrected chi connectivity index (χ0v) is 13.1. The highest BCUT2D eigenvalue weighted by atomic mass is 79.9. The maximum atomic E-state index is 4.34. The van der Waals surface area contributed by atoms with Crippen LogP contribution in [0.2, 0.25) is 0 Å². The summed E-state index contributed by atoms with van der Waals surface area (Å²) in [5.74, 6) is 0.936. The summed E-state index contributed by atoms with van der Waals surface area (Å²) in [7, 11) is 0. The summed E-state index contributed by atoms with van der Waals surface area (Å²) < 4.78 is 3.96. The lowest BCUT2D eigenvalue weighted by Gasteiger charge is -2.07. The van der Waals surface area contributed by atoms with Crippen molar-refractivity contribution in [3.63, 3.8) is 0 Å². The summed E-state index contributed by atoms with van der Waals surface area (Å²) in [6.45, 7) is 4.31. The van der Waals surface area contributed by atoms with Gasteiger partial charge in [0.2, 0.25) is 0 Å². The Morgan fingerprint density at radius 3 is 2.89 bits per heavy atom. The molecular weight excluding hydrogens is 362 g/mol. The Labute approximate surface area is 122 Å². The first-order chi connectivity index (χ1) is 8.70. The summed E-state index contributed by atoms with van der Waals surface area (Å²) in [4.78, 5) is 4.34. The SMILES string of the molecule is CCn1cnnc1CNCc1ncc(Br)cc1Br. The molecule has 7 heteroatoms. The monoisotopic (exact) mass is 373 g/mol. The largest absolute Gasteiger partial charge is 0.317 e. The van der Waals surface area contributed by atoms with E-state index >= 15 is 0 Å². The number of halogens is 2. The van der Waals surface area contributed by atoms with Crippen LogP contribution in [0.15, 0.2) is 27.5 Å². The minimum absolute atomic E-state index is 0.679. The maximum absolute atomic E-state index is 4.34. The van der Waals surface area contributed by atoms with Crippen molar-refractivity contribution < 1.29 is 0 Å². The molecule has 0 aliphatic rings. The molecule has 0 bridgehead atoms. The van der Waals surface area contributed by atoms with Gasteiger partial charge in [0.05, 0.1) is 12.2 Å². The van der Waals surface area contributed by atoms with Crippen LogP contribution in [0, 0.1) is 0 Å². The first-order valence-electron chi connectivity index (χ1n) is 5.58. The molecule has 0 amide bonds. The summed E-state index contributed by atoms with van der Waals surface area (Å²) in [6.07, 6.45) is 3.53. The van der Waals surface area contributed by atoms with Gasteiger partial charge in [0.15, 0.2) is 0 Å². The van der Waals surface area contributed by atoms with E-state index in [1.165, 1.54) is 0 Å². The Bertz CT molecular complexity index is 526. The van der Waals surface area contributed by atoms with Crippen molar-refractivity contribution >= 4 is 31.9 Å². The number of rotatable bonds is 5. The third kappa shape index (κ3) is 3.37. The van der Waals surface area contributed by atoms with Gasteiger partial charge in [-0.25, -0.2) is 0 Å². The number of aromatic nitrogens is 4. The average molecular weight is 375 g/mol. The van der Waals surface area contributed by atoms with Crippen LogP contribution >= 0.6 is 31.9 Å². The second kappa shape index (κ2) is 6.40. The van der Waals surface area contributed by atoms with Crippen molar-refractivity contribution in [1.29, 1.82) is 0 Å². The summed E-state index contributed by atoms with van der Waals surface area (Å²) >= 11 is 6.87. The normalized spacial score (nSPS) is 10.8. The first kappa shape index (κ1) is 13.6. The molecule has 0 unspecified atom stereocenters. The van der Waals surface area contributed by atoms with E-state index in [1.54, 1.807) is 12.5 Å². The van der Waals surface area contributed by atoms with Crippen LogP contribution in [0.5, 0.6) is 0 Å². The van der Waals surface area contributed by atoms with Gasteiger partial charge in [-0.3, -0.25) is 4.98 Å². The fraction of sp³-hybridized carbons (Fsp3) is 0.364. The predicted molar refractivity (Wildman–Crippen MR) is 75.9 cm³/mol. The minimum Gasteiger partial charge on any atom is -0.317 e. The summed E-state index contributed by atoms with van der Waals surface area (Å²) in [6, 6.07) is 1.98. The molecule has 0 saturated heterocycles. The van der Waals surface area contributed by atoms with E-state index in [9.17, 15) is 0 Å². The smallest absolute Gasteiger partial charge is 0.146 e. The second-order valence-electron chi connectivity index (χ2n) is 3.72. The van der Waals surface area contributed by atoms with Gasteiger partial charge < -0.3 is 9.88 Å². The molecule has 0 spiro atoms. The number of hydrogen-bond donors (Lipinski definition) is 1. The topological polar surface area (TPSA) is 55.6 Å². The van der Waals surface area contributed by atoms with Crippen LogP contribution in [0.25, 0.3) is 0 Å². The highest BCUT2D eigenvalue weighted by Gasteiger charge is 2.04. The molecule has 0 fully saturated rings. The zero-order valence-electron chi connectivity index (χ0n) is 9.90. The summed E-state index contributed by atoms with van der Waals surface area (Å²) in [5, 5.41) is 11.3. The number of aryl methyl sites for hydroxylation is 1. The van der Waals surface area contributed by atoms with Gasteiger partial charge in [0.25, 0.3) is 0 Å². The molecular formula is C11H13Br2N5. The van der Waals surface area contributed by atoms with E-state index in [2.05, 4.69) is 59.3 Å². The Kier molecular flexibility index (Phi) is 4.85. The molecule has 0 atom stereocenters. The van der Waals surface area contributed by atoms with Gasteiger partial charge >= 0.3 is 0 Å². The van der Waals surface area contributed by atoms with Crippen molar-refractivity contribution in [1.82, 2.24) is 25.1 Å². The van der Waals surface area contributed by atoms with E-state index in [0.29, 0.717) is 13.1 Å². The van der Waals surface area contributed by atoms with Gasteiger partial charge in [-0.05, 0) is 44.8 Å². The molecule has 0 aliphatic carbocycles. The van der Waals surface area contributed by atoms with Gasteiger partial charge in [-0.1, -0.05) is 0 Å². The van der Waals surface area contributed by atoms with Crippen LogP contribution in [0.1, 0.15) is 18.4 Å². The molecule has 18 heavy (non-hydrogen) atoms. The molecule has 5 nitrogen and oxygen atoms in total. The Balaban J connectivity index is 1.92. The maximum Gasteiger partial charge on any atom is 0.146 e. The first-order valence-corrected chi connectivity index (χ1v) is 7.16. The molecule has 0 aromatic carbocycles. The standard InChI is InChI=1S/C11H13Br2N5/c1-2-18-7-16-17-11(18)6-14-5-10-9(13)3-8(12)4-15-10/h3-4,7,14H,2,5-6H2,1H3. The Morgan fingerprint density at radius 1 is 1.33 bits per heavy atom. The third-order valence-electron chi connectivity index (χ3n) is 2.50. The van der Waals surface area contributed by atoms with Crippen molar-refractivity contribution in [2.24, 2.45) is 0 Å². The van der Waals surface area contributed by atoms with E-state index < -0.39 is 0 Å². The summed E-state index contributed by atoms with van der Waals surface area (Å²) in [5.41, 5.74) is 0.973. The molecule has 96 valence electrons. The second-order valence-corrected chi connectivity index (χ2v) is 5.49. The number of pyridine rings is 1. The zero-order chi connectivity index (χ0) is 13.0. The highest BCUT2D eigenvalue weighted by Crippen LogP contribution is 2.19. The van der Waals surface area contributed by atoms with Gasteiger partial charge in [0.1, 0.15) is 12.2 Å². The third-order valence-corrected chi connectivity index (χ3v) is 3.62.